The molecule has 0 aliphatic heterocycles. The lowest BCUT2D eigenvalue weighted by molar-refractivity contribution is 0.434. The first-order valence-electron chi connectivity index (χ1n) is 3.83. The van der Waals surface area contributed by atoms with Gasteiger partial charge >= 0.3 is 0 Å². The van der Waals surface area contributed by atoms with Crippen molar-refractivity contribution in [3.05, 3.63) is 17.5 Å². The number of anilines is 1. The molecule has 0 aromatic carbocycles. The maximum absolute atomic E-state index is 5.36. The first-order valence-corrected chi connectivity index (χ1v) is 3.83. The molecule has 2 heterocycles. The Balaban J connectivity index is 2.46. The topological polar surface area (TPSA) is 78.1 Å². The highest BCUT2D eigenvalue weighted by Crippen LogP contribution is 2.21. The van der Waals surface area contributed by atoms with Crippen LogP contribution < -0.4 is 5.73 Å². The van der Waals surface area contributed by atoms with E-state index in [2.05, 4.69) is 10.1 Å². The second-order valence-corrected chi connectivity index (χ2v) is 2.78. The zero-order chi connectivity index (χ0) is 9.42. The summed E-state index contributed by atoms with van der Waals surface area (Å²) in [4.78, 5) is 4.15. The number of rotatable bonds is 1. The lowest BCUT2D eigenvalue weighted by Crippen LogP contribution is -1.77. The van der Waals surface area contributed by atoms with Gasteiger partial charge in [-0.1, -0.05) is 5.16 Å². The van der Waals surface area contributed by atoms with Crippen LogP contribution in [0.15, 0.2) is 15.0 Å². The Labute approximate surface area is 74.5 Å². The second kappa shape index (κ2) is 2.62. The first kappa shape index (κ1) is 7.85. The van der Waals surface area contributed by atoms with Gasteiger partial charge in [0.2, 0.25) is 11.8 Å². The minimum atomic E-state index is 0.253. The second-order valence-electron chi connectivity index (χ2n) is 2.78. The van der Waals surface area contributed by atoms with Crippen molar-refractivity contribution in [2.24, 2.45) is 0 Å². The van der Waals surface area contributed by atoms with E-state index in [-0.39, 0.29) is 5.88 Å². The largest absolute Gasteiger partial charge is 0.440 e. The van der Waals surface area contributed by atoms with E-state index in [9.17, 15) is 0 Å². The molecule has 0 amide bonds. The van der Waals surface area contributed by atoms with Gasteiger partial charge in [-0.2, -0.15) is 0 Å². The van der Waals surface area contributed by atoms with Crippen LogP contribution in [0.2, 0.25) is 0 Å². The fourth-order valence-electron chi connectivity index (χ4n) is 0.972. The first-order chi connectivity index (χ1) is 6.16. The average molecular weight is 179 g/mol. The Morgan fingerprint density at radius 1 is 1.38 bits per heavy atom. The van der Waals surface area contributed by atoms with Gasteiger partial charge in [0.1, 0.15) is 5.76 Å². The average Bonchev–Trinajstić information content (AvgIpc) is 2.61. The third-order valence-corrected chi connectivity index (χ3v) is 1.78. The van der Waals surface area contributed by atoms with E-state index in [4.69, 9.17) is 14.7 Å². The van der Waals surface area contributed by atoms with E-state index in [1.54, 1.807) is 6.07 Å². The summed E-state index contributed by atoms with van der Waals surface area (Å²) in [6.45, 7) is 3.71. The SMILES string of the molecule is Cc1nc(-c2cc(N)on2)oc1C. The Bertz CT molecular complexity index is 411. The van der Waals surface area contributed by atoms with Gasteiger partial charge in [-0.15, -0.1) is 0 Å². The number of oxazole rings is 1. The number of aryl methyl sites for hydroxylation is 2. The number of nitrogens with zero attached hydrogens (tertiary/aromatic N) is 2. The third-order valence-electron chi connectivity index (χ3n) is 1.78. The number of nitrogens with two attached hydrogens (primary N) is 1. The lowest BCUT2D eigenvalue weighted by atomic mass is 10.4. The van der Waals surface area contributed by atoms with E-state index >= 15 is 0 Å². The number of nitrogen functional groups attached to an aromatic ring is 1. The van der Waals surface area contributed by atoms with E-state index in [0.717, 1.165) is 11.5 Å². The molecule has 0 fully saturated rings. The van der Waals surface area contributed by atoms with Crippen molar-refractivity contribution >= 4 is 5.88 Å². The highest BCUT2D eigenvalue weighted by Gasteiger charge is 2.11. The monoisotopic (exact) mass is 179 g/mol. The van der Waals surface area contributed by atoms with Gasteiger partial charge < -0.3 is 14.7 Å². The van der Waals surface area contributed by atoms with Crippen molar-refractivity contribution < 1.29 is 8.94 Å². The highest BCUT2D eigenvalue weighted by atomic mass is 16.5. The van der Waals surface area contributed by atoms with Gasteiger partial charge in [-0.25, -0.2) is 4.98 Å². The summed E-state index contributed by atoms with van der Waals surface area (Å²) in [5.74, 6) is 1.47. The molecule has 0 bridgehead atoms. The molecule has 0 spiro atoms. The molecule has 2 aromatic rings. The molecule has 5 heteroatoms. The summed E-state index contributed by atoms with van der Waals surface area (Å²) >= 11 is 0. The van der Waals surface area contributed by atoms with Crippen molar-refractivity contribution in [1.29, 1.82) is 0 Å². The molecule has 0 aliphatic carbocycles. The maximum atomic E-state index is 5.36. The van der Waals surface area contributed by atoms with E-state index in [1.165, 1.54) is 0 Å². The molecule has 0 saturated heterocycles. The summed E-state index contributed by atoms with van der Waals surface area (Å²) in [5, 5.41) is 3.68. The predicted molar refractivity (Wildman–Crippen MR) is 45.9 cm³/mol. The standard InChI is InChI=1S/C8H9N3O2/c1-4-5(2)12-8(10-4)6-3-7(9)13-11-6/h3H,9H2,1-2H3. The molecule has 2 N–H and O–H groups in total. The van der Waals surface area contributed by atoms with Crippen molar-refractivity contribution in [2.75, 3.05) is 5.73 Å². The molecular formula is C8H9N3O2. The van der Waals surface area contributed by atoms with Crippen molar-refractivity contribution in [1.82, 2.24) is 10.1 Å². The molecule has 0 aliphatic rings. The van der Waals surface area contributed by atoms with Crippen LogP contribution in [0.1, 0.15) is 11.5 Å². The van der Waals surface area contributed by atoms with Crippen LogP contribution >= 0.6 is 0 Å². The van der Waals surface area contributed by atoms with Gasteiger partial charge in [0.25, 0.3) is 0 Å². The van der Waals surface area contributed by atoms with Crippen LogP contribution in [-0.4, -0.2) is 10.1 Å². The van der Waals surface area contributed by atoms with Gasteiger partial charge in [-0.3, -0.25) is 0 Å². The van der Waals surface area contributed by atoms with Crippen LogP contribution in [0.3, 0.4) is 0 Å². The van der Waals surface area contributed by atoms with Crippen LogP contribution in [0, 0.1) is 13.8 Å². The predicted octanol–water partition coefficient (Wildman–Crippen LogP) is 1.53. The Morgan fingerprint density at radius 3 is 2.62 bits per heavy atom. The summed E-state index contributed by atoms with van der Waals surface area (Å²) in [6, 6.07) is 1.57. The van der Waals surface area contributed by atoms with Crippen LogP contribution in [-0.2, 0) is 0 Å². The van der Waals surface area contributed by atoms with Gasteiger partial charge in [0.15, 0.2) is 5.69 Å². The third kappa shape index (κ3) is 1.28. The zero-order valence-electron chi connectivity index (χ0n) is 7.37. The molecule has 0 saturated carbocycles. The highest BCUT2D eigenvalue weighted by molar-refractivity contribution is 5.51. The molecule has 2 aromatic heterocycles. The molecule has 0 atom stereocenters. The maximum Gasteiger partial charge on any atom is 0.249 e. The smallest absolute Gasteiger partial charge is 0.249 e. The molecular weight excluding hydrogens is 170 g/mol. The Kier molecular flexibility index (Phi) is 1.58. The minimum absolute atomic E-state index is 0.253. The van der Waals surface area contributed by atoms with Gasteiger partial charge in [0.05, 0.1) is 5.69 Å². The number of hydrogen-bond donors (Lipinski definition) is 1. The quantitative estimate of drug-likeness (QED) is 0.718. The fourth-order valence-corrected chi connectivity index (χ4v) is 0.972. The Morgan fingerprint density at radius 2 is 2.15 bits per heavy atom. The van der Waals surface area contributed by atoms with Crippen LogP contribution in [0.5, 0.6) is 0 Å². The van der Waals surface area contributed by atoms with Gasteiger partial charge in [0, 0.05) is 6.07 Å². The summed E-state index contributed by atoms with van der Waals surface area (Å²) in [5.41, 5.74) is 6.73. The molecule has 5 nitrogen and oxygen atoms in total. The minimum Gasteiger partial charge on any atom is -0.440 e. The fraction of sp³-hybridized carbons (Fsp3) is 0.250. The normalized spacial score (nSPS) is 10.6. The van der Waals surface area contributed by atoms with E-state index < -0.39 is 0 Å². The molecule has 13 heavy (non-hydrogen) atoms. The van der Waals surface area contributed by atoms with Crippen LogP contribution in [0.4, 0.5) is 5.88 Å². The molecule has 0 radical (unpaired) electrons. The van der Waals surface area contributed by atoms with Crippen molar-refractivity contribution in [3.63, 3.8) is 0 Å². The van der Waals surface area contributed by atoms with E-state index in [0.29, 0.717) is 11.6 Å². The lowest BCUT2D eigenvalue weighted by Gasteiger charge is -1.82. The number of aromatic nitrogens is 2. The van der Waals surface area contributed by atoms with Crippen molar-refractivity contribution in [2.45, 2.75) is 13.8 Å². The van der Waals surface area contributed by atoms with E-state index in [1.807, 2.05) is 13.8 Å². The van der Waals surface area contributed by atoms with Crippen molar-refractivity contribution in [3.8, 4) is 11.6 Å². The number of hydrogen-bond acceptors (Lipinski definition) is 5. The summed E-state index contributed by atoms with van der Waals surface area (Å²) in [7, 11) is 0. The molecule has 68 valence electrons. The zero-order valence-corrected chi connectivity index (χ0v) is 7.37. The molecule has 2 rings (SSSR count). The Hall–Kier alpha value is -1.78. The van der Waals surface area contributed by atoms with Crippen LogP contribution in [0.25, 0.3) is 11.6 Å². The summed E-state index contributed by atoms with van der Waals surface area (Å²) < 4.78 is 10.0. The summed E-state index contributed by atoms with van der Waals surface area (Å²) in [6.07, 6.45) is 0. The van der Waals surface area contributed by atoms with Gasteiger partial charge in [-0.05, 0) is 13.8 Å². The molecule has 0 unspecified atom stereocenters.